The minimum Gasteiger partial charge on any atom is -0.388 e. The van der Waals surface area contributed by atoms with Gasteiger partial charge in [-0.1, -0.05) is 0 Å². The molecule has 1 aliphatic heterocycles. The molecule has 6 heteroatoms. The second-order valence-electron chi connectivity index (χ2n) is 2.57. The van der Waals surface area contributed by atoms with Crippen LogP contribution in [0.4, 0.5) is 0 Å². The average molecular weight is 165 g/mol. The van der Waals surface area contributed by atoms with Gasteiger partial charge in [-0.3, -0.25) is 5.73 Å². The summed E-state index contributed by atoms with van der Waals surface area (Å²) in [6.07, 6.45) is -4.38. The highest BCUT2D eigenvalue weighted by Crippen LogP contribution is 2.18. The standard InChI is InChI=1S/C5H11NO5/c6-5(10)4(9)3(8)2(7)1-11-5/h2-4,7-10H,1,6H2/t2-,3+,4+,5+/m1/s1. The van der Waals surface area contributed by atoms with E-state index in [2.05, 4.69) is 4.74 Å². The zero-order valence-corrected chi connectivity index (χ0v) is 5.71. The van der Waals surface area contributed by atoms with E-state index < -0.39 is 24.2 Å². The van der Waals surface area contributed by atoms with Crippen molar-refractivity contribution in [2.24, 2.45) is 5.73 Å². The molecular weight excluding hydrogens is 154 g/mol. The van der Waals surface area contributed by atoms with Gasteiger partial charge in [0.25, 0.3) is 5.91 Å². The molecule has 0 bridgehead atoms. The number of hydrogen-bond donors (Lipinski definition) is 5. The highest BCUT2D eigenvalue weighted by atomic mass is 16.7. The molecule has 1 fully saturated rings. The van der Waals surface area contributed by atoms with Gasteiger partial charge in [-0.15, -0.1) is 0 Å². The van der Waals surface area contributed by atoms with E-state index >= 15 is 0 Å². The molecule has 0 aliphatic carbocycles. The van der Waals surface area contributed by atoms with E-state index in [1.165, 1.54) is 0 Å². The molecule has 4 atom stereocenters. The first-order chi connectivity index (χ1) is 4.95. The van der Waals surface area contributed by atoms with E-state index in [4.69, 9.17) is 26.2 Å². The SMILES string of the molecule is N[C@@]1(O)OC[C@@H](O)[C@H](O)[C@@H]1O. The third-order valence-corrected chi connectivity index (χ3v) is 1.63. The summed E-state index contributed by atoms with van der Waals surface area (Å²) in [5.41, 5.74) is 4.99. The van der Waals surface area contributed by atoms with Gasteiger partial charge in [0.1, 0.15) is 12.2 Å². The molecule has 0 aromatic rings. The van der Waals surface area contributed by atoms with Crippen LogP contribution in [-0.4, -0.2) is 51.3 Å². The average Bonchev–Trinajstić information content (AvgIpc) is 1.95. The second-order valence-corrected chi connectivity index (χ2v) is 2.57. The van der Waals surface area contributed by atoms with Gasteiger partial charge in [-0.2, -0.15) is 0 Å². The van der Waals surface area contributed by atoms with Crippen LogP contribution >= 0.6 is 0 Å². The predicted octanol–water partition coefficient (Wildman–Crippen LogP) is -3.30. The van der Waals surface area contributed by atoms with E-state index in [-0.39, 0.29) is 6.61 Å². The van der Waals surface area contributed by atoms with Gasteiger partial charge < -0.3 is 25.2 Å². The highest BCUT2D eigenvalue weighted by molar-refractivity contribution is 4.87. The first-order valence-corrected chi connectivity index (χ1v) is 3.14. The van der Waals surface area contributed by atoms with E-state index in [9.17, 15) is 0 Å². The van der Waals surface area contributed by atoms with E-state index in [0.717, 1.165) is 0 Å². The molecular formula is C5H11NO5. The molecule has 0 saturated carbocycles. The molecule has 0 aromatic carbocycles. The van der Waals surface area contributed by atoms with Crippen molar-refractivity contribution < 1.29 is 25.2 Å². The van der Waals surface area contributed by atoms with E-state index in [1.807, 2.05) is 0 Å². The van der Waals surface area contributed by atoms with E-state index in [1.54, 1.807) is 0 Å². The maximum absolute atomic E-state index is 8.97. The summed E-state index contributed by atoms with van der Waals surface area (Å²) in [6.45, 7) is -0.300. The van der Waals surface area contributed by atoms with Gasteiger partial charge in [0.2, 0.25) is 0 Å². The summed E-state index contributed by atoms with van der Waals surface area (Å²) in [5, 5.41) is 35.8. The topological polar surface area (TPSA) is 116 Å². The molecule has 0 amide bonds. The lowest BCUT2D eigenvalue weighted by Crippen LogP contribution is -2.65. The lowest BCUT2D eigenvalue weighted by Gasteiger charge is -2.38. The van der Waals surface area contributed by atoms with Crippen molar-refractivity contribution >= 4 is 0 Å². The Kier molecular flexibility index (Phi) is 2.15. The first-order valence-electron chi connectivity index (χ1n) is 3.14. The zero-order chi connectivity index (χ0) is 8.65. The van der Waals surface area contributed by atoms with Crippen LogP contribution in [0.5, 0.6) is 0 Å². The number of aliphatic hydroxyl groups is 4. The highest BCUT2D eigenvalue weighted by Gasteiger charge is 2.45. The van der Waals surface area contributed by atoms with Crippen LogP contribution in [0.1, 0.15) is 0 Å². The third-order valence-electron chi connectivity index (χ3n) is 1.63. The first kappa shape index (κ1) is 8.85. The summed E-state index contributed by atoms with van der Waals surface area (Å²) in [4.78, 5) is 0. The lowest BCUT2D eigenvalue weighted by atomic mass is 10.0. The molecule has 66 valence electrons. The Morgan fingerprint density at radius 3 is 2.36 bits per heavy atom. The van der Waals surface area contributed by atoms with Crippen LogP contribution in [0.3, 0.4) is 0 Å². The summed E-state index contributed by atoms with van der Waals surface area (Å²) < 4.78 is 4.43. The van der Waals surface area contributed by atoms with Crippen molar-refractivity contribution in [2.75, 3.05) is 6.61 Å². The summed E-state index contributed by atoms with van der Waals surface area (Å²) in [7, 11) is 0. The Morgan fingerprint density at radius 2 is 1.91 bits per heavy atom. The summed E-state index contributed by atoms with van der Waals surface area (Å²) in [5.74, 6) is -2.27. The van der Waals surface area contributed by atoms with Crippen molar-refractivity contribution in [2.45, 2.75) is 24.2 Å². The normalized spacial score (nSPS) is 52.6. The van der Waals surface area contributed by atoms with Crippen molar-refractivity contribution in [3.8, 4) is 0 Å². The number of hydrogen-bond acceptors (Lipinski definition) is 6. The van der Waals surface area contributed by atoms with Crippen molar-refractivity contribution in [1.29, 1.82) is 0 Å². The maximum atomic E-state index is 8.97. The van der Waals surface area contributed by atoms with Gasteiger partial charge in [0.05, 0.1) is 6.61 Å². The number of nitrogens with two attached hydrogens (primary N) is 1. The summed E-state index contributed by atoms with van der Waals surface area (Å²) >= 11 is 0. The fourth-order valence-corrected chi connectivity index (χ4v) is 0.858. The molecule has 11 heavy (non-hydrogen) atoms. The largest absolute Gasteiger partial charge is 0.388 e. The molecule has 0 aromatic heterocycles. The van der Waals surface area contributed by atoms with Gasteiger partial charge in [0, 0.05) is 0 Å². The molecule has 0 spiro atoms. The Bertz CT molecular complexity index is 150. The minimum absolute atomic E-state index is 0.300. The Labute approximate surface area is 62.8 Å². The Hall–Kier alpha value is -0.240. The molecule has 1 heterocycles. The zero-order valence-electron chi connectivity index (χ0n) is 5.71. The fourth-order valence-electron chi connectivity index (χ4n) is 0.858. The third kappa shape index (κ3) is 1.51. The van der Waals surface area contributed by atoms with Crippen LogP contribution in [0.25, 0.3) is 0 Å². The molecule has 0 radical (unpaired) electrons. The Balaban J connectivity index is 2.67. The lowest BCUT2D eigenvalue weighted by molar-refractivity contribution is -0.318. The minimum atomic E-state index is -2.27. The molecule has 6 nitrogen and oxygen atoms in total. The Morgan fingerprint density at radius 1 is 1.36 bits per heavy atom. The van der Waals surface area contributed by atoms with Crippen LogP contribution in [0, 0.1) is 0 Å². The smallest absolute Gasteiger partial charge is 0.252 e. The molecule has 6 N–H and O–H groups in total. The van der Waals surface area contributed by atoms with Gasteiger partial charge in [-0.05, 0) is 0 Å². The van der Waals surface area contributed by atoms with Crippen molar-refractivity contribution in [1.82, 2.24) is 0 Å². The number of ether oxygens (including phenoxy) is 1. The monoisotopic (exact) mass is 165 g/mol. The quantitative estimate of drug-likeness (QED) is 0.240. The van der Waals surface area contributed by atoms with Crippen LogP contribution in [0.15, 0.2) is 0 Å². The van der Waals surface area contributed by atoms with Crippen molar-refractivity contribution in [3.05, 3.63) is 0 Å². The van der Waals surface area contributed by atoms with E-state index in [0.29, 0.717) is 0 Å². The van der Waals surface area contributed by atoms with Gasteiger partial charge in [0.15, 0.2) is 6.10 Å². The number of aliphatic hydroxyl groups excluding tert-OH is 3. The fraction of sp³-hybridized carbons (Fsp3) is 1.00. The van der Waals surface area contributed by atoms with Gasteiger partial charge >= 0.3 is 0 Å². The van der Waals surface area contributed by atoms with Crippen LogP contribution in [0.2, 0.25) is 0 Å². The molecule has 1 saturated heterocycles. The molecule has 1 aliphatic rings. The second kappa shape index (κ2) is 2.67. The van der Waals surface area contributed by atoms with Gasteiger partial charge in [-0.25, -0.2) is 0 Å². The predicted molar refractivity (Wildman–Crippen MR) is 33.1 cm³/mol. The van der Waals surface area contributed by atoms with Crippen molar-refractivity contribution in [3.63, 3.8) is 0 Å². The maximum Gasteiger partial charge on any atom is 0.252 e. The molecule has 1 rings (SSSR count). The van der Waals surface area contributed by atoms with Crippen LogP contribution in [-0.2, 0) is 4.74 Å². The summed E-state index contributed by atoms with van der Waals surface area (Å²) in [6, 6.07) is 0. The van der Waals surface area contributed by atoms with Crippen LogP contribution < -0.4 is 5.73 Å². The number of rotatable bonds is 0. The molecule has 0 unspecified atom stereocenters.